The minimum Gasteiger partial charge on any atom is -0.341 e. The zero-order valence-electron chi connectivity index (χ0n) is 14.0. The van der Waals surface area contributed by atoms with Crippen LogP contribution in [0.15, 0.2) is 29.2 Å². The van der Waals surface area contributed by atoms with Crippen molar-refractivity contribution in [2.75, 3.05) is 31.2 Å². The summed E-state index contributed by atoms with van der Waals surface area (Å²) in [4.78, 5) is 30.7. The van der Waals surface area contributed by atoms with E-state index in [2.05, 4.69) is 5.32 Å². The van der Waals surface area contributed by atoms with Gasteiger partial charge in [-0.1, -0.05) is 12.1 Å². The number of urea groups is 1. The van der Waals surface area contributed by atoms with Crippen LogP contribution in [0.2, 0.25) is 0 Å². The topological polar surface area (TPSA) is 52.7 Å². The summed E-state index contributed by atoms with van der Waals surface area (Å²) >= 11 is 1.61. The van der Waals surface area contributed by atoms with Gasteiger partial charge in [0.25, 0.3) is 0 Å². The summed E-state index contributed by atoms with van der Waals surface area (Å²) in [5.41, 5.74) is 0.269. The second-order valence-electron chi connectivity index (χ2n) is 6.90. The van der Waals surface area contributed by atoms with Gasteiger partial charge in [0.15, 0.2) is 0 Å². The van der Waals surface area contributed by atoms with E-state index in [0.29, 0.717) is 12.5 Å². The summed E-state index contributed by atoms with van der Waals surface area (Å²) in [6.45, 7) is 2.37. The van der Waals surface area contributed by atoms with Crippen molar-refractivity contribution < 1.29 is 9.59 Å². The molecule has 0 bridgehead atoms. The Morgan fingerprint density at radius 3 is 2.67 bits per heavy atom. The van der Waals surface area contributed by atoms with Crippen LogP contribution in [0, 0.1) is 5.92 Å². The lowest BCUT2D eigenvalue weighted by molar-refractivity contribution is -0.136. The van der Waals surface area contributed by atoms with Crippen molar-refractivity contribution in [3.63, 3.8) is 0 Å². The van der Waals surface area contributed by atoms with Gasteiger partial charge in [-0.25, -0.2) is 4.79 Å². The molecule has 2 heterocycles. The molecule has 1 aromatic carbocycles. The Morgan fingerprint density at radius 1 is 1.21 bits per heavy atom. The number of thioether (sulfide) groups is 1. The lowest BCUT2D eigenvalue weighted by atomic mass is 10.2. The van der Waals surface area contributed by atoms with Crippen molar-refractivity contribution in [1.29, 1.82) is 0 Å². The van der Waals surface area contributed by atoms with E-state index in [0.717, 1.165) is 49.4 Å². The van der Waals surface area contributed by atoms with Gasteiger partial charge in [0.05, 0.1) is 5.69 Å². The van der Waals surface area contributed by atoms with Crippen molar-refractivity contribution in [2.24, 2.45) is 5.92 Å². The number of carbonyl (C=O) groups is 2. The van der Waals surface area contributed by atoms with Gasteiger partial charge in [-0.05, 0) is 50.0 Å². The fourth-order valence-corrected chi connectivity index (χ4v) is 4.81. The number of fused-ring (bicyclic) bond motifs is 1. The number of nitrogens with one attached hydrogen (secondary N) is 1. The number of hydrogen-bond donors (Lipinski definition) is 1. The number of hydrogen-bond acceptors (Lipinski definition) is 3. The van der Waals surface area contributed by atoms with Crippen molar-refractivity contribution in [3.05, 3.63) is 24.3 Å². The predicted molar refractivity (Wildman–Crippen MR) is 95.2 cm³/mol. The maximum atomic E-state index is 13.0. The molecule has 3 amide bonds. The first-order valence-electron chi connectivity index (χ1n) is 8.68. The van der Waals surface area contributed by atoms with Gasteiger partial charge in [-0.3, -0.25) is 4.79 Å². The van der Waals surface area contributed by atoms with E-state index in [9.17, 15) is 9.59 Å². The Morgan fingerprint density at radius 2 is 1.96 bits per heavy atom. The zero-order chi connectivity index (χ0) is 16.7. The van der Waals surface area contributed by atoms with Gasteiger partial charge < -0.3 is 15.1 Å². The van der Waals surface area contributed by atoms with Crippen LogP contribution in [0.5, 0.6) is 0 Å². The molecule has 1 N–H and O–H groups in total. The van der Waals surface area contributed by atoms with Crippen LogP contribution < -0.4 is 5.32 Å². The number of rotatable bonds is 3. The second kappa shape index (κ2) is 5.99. The lowest BCUT2D eigenvalue weighted by Gasteiger charge is -2.31. The van der Waals surface area contributed by atoms with E-state index >= 15 is 0 Å². The average Bonchev–Trinajstić information content (AvgIpc) is 2.99. The first kappa shape index (κ1) is 15.8. The first-order chi connectivity index (χ1) is 11.7. The van der Waals surface area contributed by atoms with Gasteiger partial charge in [-0.15, -0.1) is 11.8 Å². The van der Waals surface area contributed by atoms with Gasteiger partial charge in [-0.2, -0.15) is 0 Å². The minimum absolute atomic E-state index is 0.135. The molecule has 5 nitrogen and oxygen atoms in total. The fraction of sp³-hybridized carbons (Fsp3) is 0.556. The van der Waals surface area contributed by atoms with E-state index in [-0.39, 0.29) is 11.9 Å². The Labute approximate surface area is 146 Å². The number of carbonyl (C=O) groups excluding carboxylic acids is 2. The van der Waals surface area contributed by atoms with Crippen LogP contribution in [-0.2, 0) is 4.79 Å². The number of likely N-dealkylation sites (tertiary alicyclic amines) is 2. The van der Waals surface area contributed by atoms with Crippen LogP contribution in [0.3, 0.4) is 0 Å². The summed E-state index contributed by atoms with van der Waals surface area (Å²) in [6.07, 6.45) is 5.94. The molecule has 2 saturated heterocycles. The number of piperidine rings is 1. The highest BCUT2D eigenvalue weighted by atomic mass is 32.2. The molecule has 2 unspecified atom stereocenters. The Kier molecular flexibility index (Phi) is 3.95. The van der Waals surface area contributed by atoms with Gasteiger partial charge in [0.1, 0.15) is 5.54 Å². The summed E-state index contributed by atoms with van der Waals surface area (Å²) in [5.74, 6) is 0.531. The molecule has 4 rings (SSSR count). The van der Waals surface area contributed by atoms with E-state index in [1.54, 1.807) is 16.7 Å². The molecular weight excluding hydrogens is 322 g/mol. The molecule has 1 saturated carbocycles. The van der Waals surface area contributed by atoms with Crippen LogP contribution >= 0.6 is 11.8 Å². The highest BCUT2D eigenvalue weighted by Crippen LogP contribution is 2.57. The number of anilines is 1. The second-order valence-corrected chi connectivity index (χ2v) is 7.74. The van der Waals surface area contributed by atoms with Crippen LogP contribution in [0.1, 0.15) is 25.7 Å². The van der Waals surface area contributed by atoms with Crippen molar-refractivity contribution in [1.82, 2.24) is 9.80 Å². The van der Waals surface area contributed by atoms with E-state index < -0.39 is 5.54 Å². The maximum absolute atomic E-state index is 13.0. The lowest BCUT2D eigenvalue weighted by Crippen LogP contribution is -2.52. The molecular formula is C18H23N3O2S. The summed E-state index contributed by atoms with van der Waals surface area (Å²) in [6, 6.07) is 7.66. The molecule has 2 aliphatic heterocycles. The van der Waals surface area contributed by atoms with Gasteiger partial charge in [0.2, 0.25) is 5.91 Å². The van der Waals surface area contributed by atoms with E-state index in [1.807, 2.05) is 35.4 Å². The molecule has 2 atom stereocenters. The molecule has 0 spiro atoms. The Hall–Kier alpha value is -1.69. The minimum atomic E-state index is -0.553. The number of nitrogens with zero attached hydrogens (tertiary/aromatic N) is 2. The van der Waals surface area contributed by atoms with Crippen LogP contribution in [-0.4, -0.2) is 53.2 Å². The van der Waals surface area contributed by atoms with Crippen LogP contribution in [0.4, 0.5) is 10.5 Å². The fourth-order valence-electron chi connectivity index (χ4n) is 4.26. The average molecular weight is 345 g/mol. The van der Waals surface area contributed by atoms with Crippen LogP contribution in [0.25, 0.3) is 0 Å². The zero-order valence-corrected chi connectivity index (χ0v) is 14.8. The van der Waals surface area contributed by atoms with E-state index in [4.69, 9.17) is 0 Å². The normalized spacial score (nSPS) is 28.0. The van der Waals surface area contributed by atoms with Crippen molar-refractivity contribution in [2.45, 2.75) is 36.1 Å². The highest BCUT2D eigenvalue weighted by molar-refractivity contribution is 7.98. The third-order valence-corrected chi connectivity index (χ3v) is 6.41. The molecule has 0 aromatic heterocycles. The number of amides is 3. The van der Waals surface area contributed by atoms with Gasteiger partial charge in [0, 0.05) is 24.5 Å². The smallest absolute Gasteiger partial charge is 0.322 e. The number of benzene rings is 1. The van der Waals surface area contributed by atoms with E-state index in [1.165, 1.54) is 0 Å². The standard InChI is InChI=1S/C18H23N3O2S/c1-24-15-7-3-2-6-14(15)19-17(23)21-11-8-13-12-18(13,21)16(22)20-9-4-5-10-20/h2-3,6-7,13H,4-5,8-12H2,1H3,(H,19,23). The summed E-state index contributed by atoms with van der Waals surface area (Å²) in [5, 5.41) is 3.03. The van der Waals surface area contributed by atoms with Crippen molar-refractivity contribution in [3.8, 4) is 0 Å². The quantitative estimate of drug-likeness (QED) is 0.857. The number of para-hydroxylation sites is 1. The molecule has 1 aromatic rings. The molecule has 3 aliphatic rings. The molecule has 128 valence electrons. The first-order valence-corrected chi connectivity index (χ1v) is 9.90. The summed E-state index contributed by atoms with van der Waals surface area (Å²) in [7, 11) is 0. The molecule has 6 heteroatoms. The molecule has 0 radical (unpaired) electrons. The monoisotopic (exact) mass is 345 g/mol. The third-order valence-electron chi connectivity index (χ3n) is 5.61. The maximum Gasteiger partial charge on any atom is 0.322 e. The summed E-state index contributed by atoms with van der Waals surface area (Å²) < 4.78 is 0. The SMILES string of the molecule is CSc1ccccc1NC(=O)N1CCC2CC21C(=O)N1CCCC1. The predicted octanol–water partition coefficient (Wildman–Crippen LogP) is 3.03. The molecule has 3 fully saturated rings. The van der Waals surface area contributed by atoms with Gasteiger partial charge >= 0.3 is 6.03 Å². The molecule has 24 heavy (non-hydrogen) atoms. The third kappa shape index (κ3) is 2.39. The Balaban J connectivity index is 1.53. The largest absolute Gasteiger partial charge is 0.341 e. The highest BCUT2D eigenvalue weighted by Gasteiger charge is 2.69. The Bertz CT molecular complexity index is 674. The molecule has 1 aliphatic carbocycles. The van der Waals surface area contributed by atoms with Crippen molar-refractivity contribution >= 4 is 29.4 Å².